The number of rotatable bonds is 4. The first-order valence-electron chi connectivity index (χ1n) is 11.6. The van der Waals surface area contributed by atoms with E-state index in [9.17, 15) is 10.2 Å². The van der Waals surface area contributed by atoms with E-state index in [1.54, 1.807) is 17.7 Å². The second-order valence-electron chi connectivity index (χ2n) is 10.4. The molecule has 0 amide bonds. The second-order valence-corrected chi connectivity index (χ2v) is 11.5. The molecule has 2 aromatic rings. The predicted molar refractivity (Wildman–Crippen MR) is 130 cm³/mol. The monoisotopic (exact) mass is 436 g/mol. The van der Waals surface area contributed by atoms with Gasteiger partial charge in [0.1, 0.15) is 11.5 Å². The van der Waals surface area contributed by atoms with Gasteiger partial charge in [-0.3, -0.25) is 0 Å². The average molecular weight is 437 g/mol. The van der Waals surface area contributed by atoms with Gasteiger partial charge in [-0.1, -0.05) is 61.9 Å². The summed E-state index contributed by atoms with van der Waals surface area (Å²) < 4.78 is 0. The van der Waals surface area contributed by atoms with Crippen molar-refractivity contribution < 1.29 is 10.2 Å². The molecule has 4 atom stereocenters. The lowest BCUT2D eigenvalue weighted by Gasteiger charge is -2.58. The van der Waals surface area contributed by atoms with E-state index < -0.39 is 0 Å². The molecule has 4 rings (SSSR count). The van der Waals surface area contributed by atoms with E-state index in [0.717, 1.165) is 23.3 Å². The van der Waals surface area contributed by atoms with Crippen molar-refractivity contribution in [1.29, 1.82) is 0 Å². The molecule has 1 fully saturated rings. The standard InChI is InChI=1S/C28H36O2S/c1-18-9-11-22(12-10-18)31-25-16-23(29)21(15-24(25)30)17-28(5)20(3)13-14-27(4)19(2)7-6-8-26(27)28/h7,9-12,15-16,20,26,29-30H,6,8,13-14,17H2,1-5H3/t20-,26+,27+,28+/m0/s1. The Labute approximate surface area is 191 Å². The first-order valence-corrected chi connectivity index (χ1v) is 12.4. The normalized spacial score (nSPS) is 30.5. The molecule has 31 heavy (non-hydrogen) atoms. The van der Waals surface area contributed by atoms with Crippen LogP contribution in [0.5, 0.6) is 11.5 Å². The highest BCUT2D eigenvalue weighted by Gasteiger charge is 2.53. The number of phenolic OH excluding ortho intramolecular Hbond substituents is 2. The van der Waals surface area contributed by atoms with Crippen LogP contribution < -0.4 is 0 Å². The summed E-state index contributed by atoms with van der Waals surface area (Å²) in [5.41, 5.74) is 3.97. The van der Waals surface area contributed by atoms with Crippen LogP contribution in [0.1, 0.15) is 64.5 Å². The maximum Gasteiger partial charge on any atom is 0.130 e. The highest BCUT2D eigenvalue weighted by molar-refractivity contribution is 7.99. The van der Waals surface area contributed by atoms with Gasteiger partial charge in [0.15, 0.2) is 0 Å². The van der Waals surface area contributed by atoms with Crippen molar-refractivity contribution >= 4 is 11.8 Å². The summed E-state index contributed by atoms with van der Waals surface area (Å²) in [5, 5.41) is 21.7. The van der Waals surface area contributed by atoms with Crippen LogP contribution in [0, 0.1) is 29.6 Å². The fourth-order valence-corrected chi connectivity index (χ4v) is 7.04. The Morgan fingerprint density at radius 1 is 1.00 bits per heavy atom. The van der Waals surface area contributed by atoms with Crippen molar-refractivity contribution in [3.63, 3.8) is 0 Å². The minimum Gasteiger partial charge on any atom is -0.508 e. The largest absolute Gasteiger partial charge is 0.508 e. The van der Waals surface area contributed by atoms with Crippen molar-refractivity contribution in [2.45, 2.75) is 76.5 Å². The maximum atomic E-state index is 10.9. The van der Waals surface area contributed by atoms with E-state index in [1.807, 2.05) is 0 Å². The van der Waals surface area contributed by atoms with E-state index in [1.165, 1.54) is 36.6 Å². The van der Waals surface area contributed by atoms with Gasteiger partial charge in [-0.25, -0.2) is 0 Å². The molecule has 0 heterocycles. The number of aryl methyl sites for hydroxylation is 1. The highest BCUT2D eigenvalue weighted by atomic mass is 32.2. The van der Waals surface area contributed by atoms with Gasteiger partial charge in [-0.05, 0) is 98.4 Å². The van der Waals surface area contributed by atoms with Gasteiger partial charge in [0, 0.05) is 4.90 Å². The van der Waals surface area contributed by atoms with Gasteiger partial charge in [-0.15, -0.1) is 0 Å². The van der Waals surface area contributed by atoms with Crippen molar-refractivity contribution in [2.24, 2.45) is 22.7 Å². The van der Waals surface area contributed by atoms with Gasteiger partial charge in [-0.2, -0.15) is 0 Å². The van der Waals surface area contributed by atoms with Gasteiger partial charge in [0.25, 0.3) is 0 Å². The molecular formula is C28H36O2S. The molecule has 2 nitrogen and oxygen atoms in total. The summed E-state index contributed by atoms with van der Waals surface area (Å²) in [4.78, 5) is 1.76. The zero-order valence-electron chi connectivity index (χ0n) is 19.5. The molecule has 166 valence electrons. The lowest BCUT2D eigenvalue weighted by atomic mass is 9.47. The lowest BCUT2D eigenvalue weighted by molar-refractivity contribution is -0.0412. The number of benzene rings is 2. The average Bonchev–Trinajstić information content (AvgIpc) is 2.72. The van der Waals surface area contributed by atoms with Crippen LogP contribution in [0.25, 0.3) is 0 Å². The molecule has 0 unspecified atom stereocenters. The van der Waals surface area contributed by atoms with E-state index in [4.69, 9.17) is 0 Å². The number of hydrogen-bond acceptors (Lipinski definition) is 3. The van der Waals surface area contributed by atoms with Crippen LogP contribution in [-0.2, 0) is 6.42 Å². The smallest absolute Gasteiger partial charge is 0.130 e. The Balaban J connectivity index is 1.63. The molecule has 0 bridgehead atoms. The van der Waals surface area contributed by atoms with Gasteiger partial charge < -0.3 is 10.2 Å². The number of fused-ring (bicyclic) bond motifs is 1. The van der Waals surface area contributed by atoms with Crippen LogP contribution in [0.15, 0.2) is 57.8 Å². The number of allylic oxidation sites excluding steroid dienone is 2. The van der Waals surface area contributed by atoms with Crippen LogP contribution in [0.3, 0.4) is 0 Å². The Morgan fingerprint density at radius 2 is 1.71 bits per heavy atom. The first-order chi connectivity index (χ1) is 14.6. The van der Waals surface area contributed by atoms with Gasteiger partial charge in [0.2, 0.25) is 0 Å². The summed E-state index contributed by atoms with van der Waals surface area (Å²) in [6, 6.07) is 11.8. The Morgan fingerprint density at radius 3 is 2.42 bits per heavy atom. The molecule has 0 saturated heterocycles. The molecule has 0 aliphatic heterocycles. The van der Waals surface area contributed by atoms with Crippen molar-refractivity contribution in [3.8, 4) is 11.5 Å². The summed E-state index contributed by atoms with van der Waals surface area (Å²) in [6.45, 7) is 11.6. The second kappa shape index (κ2) is 8.24. The summed E-state index contributed by atoms with van der Waals surface area (Å²) in [6.07, 6.45) is 8.06. The highest BCUT2D eigenvalue weighted by Crippen LogP contribution is 2.61. The van der Waals surface area contributed by atoms with E-state index in [-0.39, 0.29) is 16.6 Å². The molecule has 1 saturated carbocycles. The molecule has 2 aliphatic carbocycles. The quantitative estimate of drug-likeness (QED) is 0.378. The van der Waals surface area contributed by atoms with Crippen LogP contribution in [0.2, 0.25) is 0 Å². The molecule has 0 spiro atoms. The lowest BCUT2D eigenvalue weighted by Crippen LogP contribution is -2.50. The maximum absolute atomic E-state index is 10.9. The predicted octanol–water partition coefficient (Wildman–Crippen LogP) is 7.90. The molecule has 0 aromatic heterocycles. The Kier molecular flexibility index (Phi) is 5.93. The Hall–Kier alpha value is -1.87. The fraction of sp³-hybridized carbons (Fsp3) is 0.500. The van der Waals surface area contributed by atoms with E-state index >= 15 is 0 Å². The summed E-state index contributed by atoms with van der Waals surface area (Å²) in [5.74, 6) is 1.74. The van der Waals surface area contributed by atoms with Crippen LogP contribution in [-0.4, -0.2) is 10.2 Å². The third kappa shape index (κ3) is 4.02. The van der Waals surface area contributed by atoms with E-state index in [2.05, 4.69) is 65.0 Å². The summed E-state index contributed by atoms with van der Waals surface area (Å²) in [7, 11) is 0. The first kappa shape index (κ1) is 22.3. The van der Waals surface area contributed by atoms with Crippen molar-refractivity contribution in [3.05, 3.63) is 59.2 Å². The fourth-order valence-electron chi connectivity index (χ4n) is 6.18. The molecular weight excluding hydrogens is 400 g/mol. The van der Waals surface area contributed by atoms with Gasteiger partial charge >= 0.3 is 0 Å². The van der Waals surface area contributed by atoms with Crippen molar-refractivity contribution in [1.82, 2.24) is 0 Å². The van der Waals surface area contributed by atoms with Gasteiger partial charge in [0.05, 0.1) is 4.90 Å². The molecule has 2 aromatic carbocycles. The molecule has 2 aliphatic rings. The summed E-state index contributed by atoms with van der Waals surface area (Å²) >= 11 is 1.49. The van der Waals surface area contributed by atoms with Crippen LogP contribution in [0.4, 0.5) is 0 Å². The number of phenols is 2. The minimum atomic E-state index is 0.0953. The molecule has 0 radical (unpaired) electrons. The van der Waals surface area contributed by atoms with E-state index in [0.29, 0.717) is 22.5 Å². The van der Waals surface area contributed by atoms with Crippen molar-refractivity contribution in [2.75, 3.05) is 0 Å². The SMILES string of the molecule is CC1=CCC[C@H]2[C@](C)(Cc3cc(O)c(Sc4ccc(C)cc4)cc3O)[C@@H](C)CC[C@]12C. The zero-order valence-corrected chi connectivity index (χ0v) is 20.4. The third-order valence-electron chi connectivity index (χ3n) is 8.57. The topological polar surface area (TPSA) is 40.5 Å². The Bertz CT molecular complexity index is 993. The third-order valence-corrected chi connectivity index (χ3v) is 9.63. The molecule has 2 N–H and O–H groups in total. The zero-order chi connectivity index (χ0) is 22.4. The number of aromatic hydroxyl groups is 2. The number of hydrogen-bond donors (Lipinski definition) is 2. The minimum absolute atomic E-state index is 0.0953. The molecule has 3 heteroatoms. The van der Waals surface area contributed by atoms with Crippen LogP contribution >= 0.6 is 11.8 Å².